The van der Waals surface area contributed by atoms with Crippen molar-refractivity contribution in [3.8, 4) is 23.0 Å². The first-order valence-corrected chi connectivity index (χ1v) is 12.1. The number of benzene rings is 4. The van der Waals surface area contributed by atoms with Gasteiger partial charge in [-0.3, -0.25) is 9.59 Å². The van der Waals surface area contributed by atoms with Crippen molar-refractivity contribution in [2.24, 2.45) is 5.10 Å². The summed E-state index contributed by atoms with van der Waals surface area (Å²) >= 11 is 0. The Bertz CT molecular complexity index is 1540. The molecule has 0 bridgehead atoms. The third-order valence-electron chi connectivity index (χ3n) is 5.86. The van der Waals surface area contributed by atoms with E-state index < -0.39 is 17.8 Å². The first-order chi connectivity index (χ1) is 19.4. The number of fused-ring (bicyclic) bond motifs is 1. The van der Waals surface area contributed by atoms with Gasteiger partial charge in [-0.25, -0.2) is 10.2 Å². The van der Waals surface area contributed by atoms with E-state index in [9.17, 15) is 14.4 Å². The van der Waals surface area contributed by atoms with Gasteiger partial charge < -0.3 is 24.3 Å². The number of rotatable bonds is 10. The summed E-state index contributed by atoms with van der Waals surface area (Å²) in [4.78, 5) is 37.8. The summed E-state index contributed by atoms with van der Waals surface area (Å²) in [6.45, 7) is -0.349. The molecule has 0 heterocycles. The maximum Gasteiger partial charge on any atom is 0.343 e. The Balaban J connectivity index is 1.45. The molecular formula is C30H27N3O7. The van der Waals surface area contributed by atoms with E-state index in [1.807, 2.05) is 30.3 Å². The minimum atomic E-state index is -0.569. The van der Waals surface area contributed by atoms with E-state index in [1.54, 1.807) is 36.4 Å². The molecule has 0 fully saturated rings. The fraction of sp³-hybridized carbons (Fsp3) is 0.133. The average molecular weight is 542 g/mol. The molecule has 0 saturated carbocycles. The smallest absolute Gasteiger partial charge is 0.343 e. The van der Waals surface area contributed by atoms with Gasteiger partial charge in [-0.05, 0) is 41.1 Å². The summed E-state index contributed by atoms with van der Waals surface area (Å²) in [5, 5.41) is 8.23. The second-order valence-electron chi connectivity index (χ2n) is 8.34. The summed E-state index contributed by atoms with van der Waals surface area (Å²) in [5.74, 6) is -0.385. The number of amides is 2. The van der Waals surface area contributed by atoms with Gasteiger partial charge in [0.05, 0.1) is 39.7 Å². The van der Waals surface area contributed by atoms with Gasteiger partial charge in [0.1, 0.15) is 5.75 Å². The molecule has 0 aliphatic heterocycles. The average Bonchev–Trinajstić information content (AvgIpc) is 3.00. The van der Waals surface area contributed by atoms with Crippen LogP contribution in [0.2, 0.25) is 0 Å². The van der Waals surface area contributed by atoms with Gasteiger partial charge in [0, 0.05) is 11.1 Å². The highest BCUT2D eigenvalue weighted by molar-refractivity contribution is 6.04. The van der Waals surface area contributed by atoms with E-state index in [0.29, 0.717) is 28.4 Å². The van der Waals surface area contributed by atoms with Crippen molar-refractivity contribution in [1.82, 2.24) is 10.7 Å². The fourth-order valence-electron chi connectivity index (χ4n) is 3.91. The molecule has 4 aromatic rings. The fourth-order valence-corrected chi connectivity index (χ4v) is 3.91. The van der Waals surface area contributed by atoms with Crippen LogP contribution >= 0.6 is 0 Å². The van der Waals surface area contributed by atoms with Gasteiger partial charge in [0.25, 0.3) is 11.8 Å². The number of carbonyl (C=O) groups is 3. The van der Waals surface area contributed by atoms with Gasteiger partial charge in [-0.15, -0.1) is 0 Å². The van der Waals surface area contributed by atoms with Crippen LogP contribution in [-0.2, 0) is 4.79 Å². The maximum absolute atomic E-state index is 12.7. The molecule has 0 atom stereocenters. The van der Waals surface area contributed by atoms with Crippen molar-refractivity contribution in [3.63, 3.8) is 0 Å². The molecule has 0 saturated heterocycles. The van der Waals surface area contributed by atoms with Gasteiger partial charge >= 0.3 is 5.97 Å². The summed E-state index contributed by atoms with van der Waals surface area (Å²) in [6.07, 6.45) is 1.40. The minimum absolute atomic E-state index is 0.214. The molecule has 0 aliphatic carbocycles. The molecule has 0 aromatic heterocycles. The molecule has 2 amide bonds. The Labute approximate surface area is 230 Å². The van der Waals surface area contributed by atoms with E-state index in [0.717, 1.165) is 10.8 Å². The van der Waals surface area contributed by atoms with Crippen molar-refractivity contribution in [2.75, 3.05) is 27.9 Å². The quantitative estimate of drug-likeness (QED) is 0.135. The van der Waals surface area contributed by atoms with Crippen LogP contribution < -0.4 is 29.7 Å². The monoisotopic (exact) mass is 541 g/mol. The van der Waals surface area contributed by atoms with E-state index >= 15 is 0 Å². The number of carbonyl (C=O) groups excluding carboxylic acids is 3. The minimum Gasteiger partial charge on any atom is -0.493 e. The predicted molar refractivity (Wildman–Crippen MR) is 150 cm³/mol. The van der Waals surface area contributed by atoms with Crippen molar-refractivity contribution in [2.45, 2.75) is 0 Å². The topological polar surface area (TPSA) is 125 Å². The van der Waals surface area contributed by atoms with Gasteiger partial charge in [0.2, 0.25) is 5.75 Å². The van der Waals surface area contributed by atoms with Crippen molar-refractivity contribution in [1.29, 1.82) is 0 Å². The van der Waals surface area contributed by atoms with Crippen molar-refractivity contribution < 1.29 is 33.3 Å². The van der Waals surface area contributed by atoms with Gasteiger partial charge in [-0.1, -0.05) is 48.5 Å². The van der Waals surface area contributed by atoms with Crippen LogP contribution in [-0.4, -0.2) is 51.9 Å². The van der Waals surface area contributed by atoms with Crippen LogP contribution in [0.1, 0.15) is 26.3 Å². The third-order valence-corrected chi connectivity index (χ3v) is 5.86. The Kier molecular flexibility index (Phi) is 8.93. The van der Waals surface area contributed by atoms with Crippen LogP contribution in [0.5, 0.6) is 23.0 Å². The molecule has 10 nitrogen and oxygen atoms in total. The first-order valence-electron chi connectivity index (χ1n) is 12.1. The molecule has 0 spiro atoms. The molecule has 4 rings (SSSR count). The number of methoxy groups -OCH3 is 3. The number of hydrogen-bond acceptors (Lipinski definition) is 8. The number of nitrogens with one attached hydrogen (secondary N) is 2. The number of ether oxygens (including phenoxy) is 4. The molecule has 0 aliphatic rings. The predicted octanol–water partition coefficient (Wildman–Crippen LogP) is 3.96. The summed E-state index contributed by atoms with van der Waals surface area (Å²) < 4.78 is 21.4. The normalized spacial score (nSPS) is 10.7. The van der Waals surface area contributed by atoms with Crippen molar-refractivity contribution in [3.05, 3.63) is 95.6 Å². The zero-order valence-electron chi connectivity index (χ0n) is 22.1. The largest absolute Gasteiger partial charge is 0.493 e. The van der Waals surface area contributed by atoms with Gasteiger partial charge in [-0.2, -0.15) is 5.10 Å². The van der Waals surface area contributed by atoms with E-state index in [1.165, 1.54) is 39.7 Å². The highest BCUT2D eigenvalue weighted by Gasteiger charge is 2.18. The van der Waals surface area contributed by atoms with E-state index in [2.05, 4.69) is 15.8 Å². The molecule has 40 heavy (non-hydrogen) atoms. The van der Waals surface area contributed by atoms with Crippen LogP contribution in [0.4, 0.5) is 0 Å². The Morgan fingerprint density at radius 1 is 0.775 bits per heavy atom. The first kappa shape index (κ1) is 27.6. The second kappa shape index (κ2) is 12.9. The summed E-state index contributed by atoms with van der Waals surface area (Å²) in [6, 6.07) is 22.6. The van der Waals surface area contributed by atoms with E-state index in [-0.39, 0.29) is 17.9 Å². The molecule has 0 unspecified atom stereocenters. The molecular weight excluding hydrogens is 514 g/mol. The lowest BCUT2D eigenvalue weighted by atomic mass is 10.0. The van der Waals surface area contributed by atoms with Crippen LogP contribution in [0.15, 0.2) is 84.0 Å². The zero-order valence-corrected chi connectivity index (χ0v) is 22.1. The highest BCUT2D eigenvalue weighted by Crippen LogP contribution is 2.38. The summed E-state index contributed by atoms with van der Waals surface area (Å²) in [5.41, 5.74) is 3.50. The highest BCUT2D eigenvalue weighted by atomic mass is 16.5. The lowest BCUT2D eigenvalue weighted by molar-refractivity contribution is -0.120. The SMILES string of the molecule is COc1cc(C(=O)NCC(=O)N/N=C\c2c(OC(=O)c3ccccc3)ccc3ccccc23)cc(OC)c1OC. The van der Waals surface area contributed by atoms with Crippen molar-refractivity contribution >= 4 is 34.8 Å². The number of hydrogen-bond donors (Lipinski definition) is 2. The Morgan fingerprint density at radius 2 is 1.45 bits per heavy atom. The number of nitrogens with zero attached hydrogens (tertiary/aromatic N) is 1. The number of esters is 1. The standard InChI is InChI=1S/C30H27N3O7/c1-37-25-15-21(16-26(38-2)28(25)39-3)29(35)31-18-27(34)33-32-17-23-22-12-8-7-9-19(22)13-14-24(23)40-30(36)20-10-5-4-6-11-20/h4-17H,18H2,1-3H3,(H,31,35)(H,33,34)/b32-17-. The molecule has 204 valence electrons. The van der Waals surface area contributed by atoms with Gasteiger partial charge in [0.15, 0.2) is 11.5 Å². The summed E-state index contributed by atoms with van der Waals surface area (Å²) in [7, 11) is 4.34. The maximum atomic E-state index is 12.7. The van der Waals surface area contributed by atoms with Crippen LogP contribution in [0.25, 0.3) is 10.8 Å². The van der Waals surface area contributed by atoms with E-state index in [4.69, 9.17) is 18.9 Å². The molecule has 10 heteroatoms. The molecule has 0 radical (unpaired) electrons. The second-order valence-corrected chi connectivity index (χ2v) is 8.34. The Morgan fingerprint density at radius 3 is 2.12 bits per heavy atom. The zero-order chi connectivity index (χ0) is 28.5. The number of hydrazone groups is 1. The molecule has 4 aromatic carbocycles. The Hall–Kier alpha value is -5.38. The third kappa shape index (κ3) is 6.36. The van der Waals surface area contributed by atoms with Crippen LogP contribution in [0, 0.1) is 0 Å². The molecule has 2 N–H and O–H groups in total. The lowest BCUT2D eigenvalue weighted by Gasteiger charge is -2.14. The lowest BCUT2D eigenvalue weighted by Crippen LogP contribution is -2.35. The van der Waals surface area contributed by atoms with Crippen LogP contribution in [0.3, 0.4) is 0 Å².